The topological polar surface area (TPSA) is 48.7 Å². The summed E-state index contributed by atoms with van der Waals surface area (Å²) in [6.07, 6.45) is 2.55. The minimum absolute atomic E-state index is 0.330. The molecule has 0 aliphatic rings. The van der Waals surface area contributed by atoms with E-state index in [9.17, 15) is 9.65 Å². The average Bonchev–Trinajstić information content (AvgIpc) is 3.12. The van der Waals surface area contributed by atoms with Gasteiger partial charge in [-0.2, -0.15) is 5.26 Å². The fourth-order valence-corrected chi connectivity index (χ4v) is 3.11. The average molecular weight is 349 g/mol. The van der Waals surface area contributed by atoms with Crippen LogP contribution in [0.15, 0.2) is 60.1 Å². The molecule has 1 N–H and O–H groups in total. The number of thiazole rings is 1. The molecule has 0 aliphatic heterocycles. The number of benzene rings is 2. The lowest BCUT2D eigenvalue weighted by Crippen LogP contribution is -1.91. The third-order valence-electron chi connectivity index (χ3n) is 3.72. The summed E-state index contributed by atoms with van der Waals surface area (Å²) in [5.41, 5.74) is 4.13. The Kier molecular flexibility index (Phi) is 5.22. The predicted octanol–water partition coefficient (Wildman–Crippen LogP) is 5.49. The van der Waals surface area contributed by atoms with Crippen LogP contribution in [-0.2, 0) is 6.42 Å². The summed E-state index contributed by atoms with van der Waals surface area (Å²) < 4.78 is 13.2. The molecule has 0 unspecified atom stereocenters. The lowest BCUT2D eigenvalue weighted by molar-refractivity contribution is 0.628. The molecule has 1 heterocycles. The number of anilines is 1. The van der Waals surface area contributed by atoms with E-state index in [0.717, 1.165) is 17.7 Å². The summed E-state index contributed by atoms with van der Waals surface area (Å²) in [7, 11) is 0. The number of hydrogen-bond donors (Lipinski definition) is 1. The van der Waals surface area contributed by atoms with Crippen LogP contribution < -0.4 is 5.32 Å². The maximum absolute atomic E-state index is 13.2. The molecular weight excluding hydrogens is 333 g/mol. The first-order valence-electron chi connectivity index (χ1n) is 7.87. The van der Waals surface area contributed by atoms with Crippen LogP contribution in [0.3, 0.4) is 0 Å². The van der Waals surface area contributed by atoms with Crippen molar-refractivity contribution in [3.63, 3.8) is 0 Å². The molecule has 0 bridgehead atoms. The number of aryl methyl sites for hydroxylation is 1. The number of halogens is 1. The molecule has 5 heteroatoms. The zero-order valence-electron chi connectivity index (χ0n) is 13.7. The van der Waals surface area contributed by atoms with Gasteiger partial charge in [-0.3, -0.25) is 0 Å². The van der Waals surface area contributed by atoms with Gasteiger partial charge in [-0.05, 0) is 30.2 Å². The third-order valence-corrected chi connectivity index (χ3v) is 4.60. The Morgan fingerprint density at radius 1 is 1.28 bits per heavy atom. The third kappa shape index (κ3) is 4.11. The van der Waals surface area contributed by atoms with Gasteiger partial charge in [0, 0.05) is 22.8 Å². The van der Waals surface area contributed by atoms with Crippen LogP contribution in [0.4, 0.5) is 10.1 Å². The van der Waals surface area contributed by atoms with Gasteiger partial charge in [0.1, 0.15) is 22.5 Å². The van der Waals surface area contributed by atoms with E-state index in [1.165, 1.54) is 29.0 Å². The summed E-state index contributed by atoms with van der Waals surface area (Å²) in [6.45, 7) is 2.12. The van der Waals surface area contributed by atoms with Crippen molar-refractivity contribution in [2.24, 2.45) is 0 Å². The van der Waals surface area contributed by atoms with Crippen molar-refractivity contribution in [1.29, 1.82) is 5.26 Å². The molecule has 0 saturated heterocycles. The summed E-state index contributed by atoms with van der Waals surface area (Å²) in [5.74, 6) is -0.330. The SMILES string of the molecule is CCc1ccc(-c2csc(/C(C#N)=C/Nc3cccc(F)c3)n2)cc1. The Balaban J connectivity index is 1.81. The molecule has 0 saturated carbocycles. The van der Waals surface area contributed by atoms with Crippen molar-refractivity contribution in [3.8, 4) is 17.3 Å². The van der Waals surface area contributed by atoms with Crippen molar-refractivity contribution in [3.05, 3.63) is 76.5 Å². The molecule has 2 aromatic carbocycles. The van der Waals surface area contributed by atoms with Crippen LogP contribution in [0.5, 0.6) is 0 Å². The van der Waals surface area contributed by atoms with Crippen molar-refractivity contribution >= 4 is 22.6 Å². The van der Waals surface area contributed by atoms with Gasteiger partial charge in [0.2, 0.25) is 0 Å². The van der Waals surface area contributed by atoms with Crippen LogP contribution in [0.2, 0.25) is 0 Å². The second kappa shape index (κ2) is 7.73. The van der Waals surface area contributed by atoms with Gasteiger partial charge in [0.15, 0.2) is 0 Å². The first-order valence-corrected chi connectivity index (χ1v) is 8.75. The normalized spacial score (nSPS) is 11.2. The van der Waals surface area contributed by atoms with Crippen LogP contribution >= 0.6 is 11.3 Å². The van der Waals surface area contributed by atoms with E-state index in [2.05, 4.69) is 35.4 Å². The Hall–Kier alpha value is -2.97. The predicted molar refractivity (Wildman–Crippen MR) is 101 cm³/mol. The number of allylic oxidation sites excluding steroid dienone is 1. The smallest absolute Gasteiger partial charge is 0.136 e. The van der Waals surface area contributed by atoms with E-state index < -0.39 is 0 Å². The van der Waals surface area contributed by atoms with Gasteiger partial charge < -0.3 is 5.32 Å². The van der Waals surface area contributed by atoms with Gasteiger partial charge in [0.05, 0.1) is 5.69 Å². The summed E-state index contributed by atoms with van der Waals surface area (Å²) in [5, 5.41) is 14.9. The Bertz CT molecular complexity index is 936. The molecule has 124 valence electrons. The maximum Gasteiger partial charge on any atom is 0.136 e. The molecule has 0 fully saturated rings. The Morgan fingerprint density at radius 2 is 2.08 bits per heavy atom. The zero-order valence-corrected chi connectivity index (χ0v) is 14.5. The molecule has 0 atom stereocenters. The number of aromatic nitrogens is 1. The second-order valence-electron chi connectivity index (χ2n) is 5.41. The van der Waals surface area contributed by atoms with Gasteiger partial charge in [0.25, 0.3) is 0 Å². The minimum atomic E-state index is -0.330. The van der Waals surface area contributed by atoms with Crippen molar-refractivity contribution in [1.82, 2.24) is 4.98 Å². The Labute approximate surface area is 150 Å². The van der Waals surface area contributed by atoms with Crippen LogP contribution in [-0.4, -0.2) is 4.98 Å². The molecule has 3 aromatic rings. The molecule has 0 radical (unpaired) electrons. The second-order valence-corrected chi connectivity index (χ2v) is 6.27. The fourth-order valence-electron chi connectivity index (χ4n) is 2.32. The molecule has 25 heavy (non-hydrogen) atoms. The number of hydrogen-bond acceptors (Lipinski definition) is 4. The molecule has 1 aromatic heterocycles. The van der Waals surface area contributed by atoms with E-state index in [4.69, 9.17) is 0 Å². The summed E-state index contributed by atoms with van der Waals surface area (Å²) in [6, 6.07) is 16.5. The number of nitrogens with zero attached hydrogens (tertiary/aromatic N) is 2. The van der Waals surface area contributed by atoms with Gasteiger partial charge in [-0.25, -0.2) is 9.37 Å². The van der Waals surface area contributed by atoms with Crippen molar-refractivity contribution < 1.29 is 4.39 Å². The first kappa shape index (κ1) is 16.9. The molecule has 0 spiro atoms. The summed E-state index contributed by atoms with van der Waals surface area (Å²) >= 11 is 1.41. The van der Waals surface area contributed by atoms with Crippen LogP contribution in [0.1, 0.15) is 17.5 Å². The fraction of sp³-hybridized carbons (Fsp3) is 0.100. The van der Waals surface area contributed by atoms with E-state index >= 15 is 0 Å². The quantitative estimate of drug-likeness (QED) is 0.620. The lowest BCUT2D eigenvalue weighted by Gasteiger charge is -2.01. The zero-order chi connectivity index (χ0) is 17.6. The molecule has 3 nitrogen and oxygen atoms in total. The van der Waals surface area contributed by atoms with Crippen LogP contribution in [0, 0.1) is 17.1 Å². The Morgan fingerprint density at radius 3 is 2.76 bits per heavy atom. The minimum Gasteiger partial charge on any atom is -0.360 e. The highest BCUT2D eigenvalue weighted by Gasteiger charge is 2.09. The number of nitriles is 1. The molecule has 0 amide bonds. The van der Waals surface area contributed by atoms with E-state index in [1.807, 2.05) is 17.5 Å². The number of rotatable bonds is 5. The largest absolute Gasteiger partial charge is 0.360 e. The summed E-state index contributed by atoms with van der Waals surface area (Å²) in [4.78, 5) is 4.55. The molecular formula is C20H16FN3S. The van der Waals surface area contributed by atoms with Crippen molar-refractivity contribution in [2.45, 2.75) is 13.3 Å². The molecule has 3 rings (SSSR count). The molecule has 0 aliphatic carbocycles. The monoisotopic (exact) mass is 349 g/mol. The highest BCUT2D eigenvalue weighted by atomic mass is 32.1. The van der Waals surface area contributed by atoms with Gasteiger partial charge >= 0.3 is 0 Å². The number of nitrogens with one attached hydrogen (secondary N) is 1. The van der Waals surface area contributed by atoms with E-state index in [1.54, 1.807) is 18.3 Å². The standard InChI is InChI=1S/C20H16FN3S/c1-2-14-6-8-15(9-7-14)19-13-25-20(24-19)16(11-22)12-23-18-5-3-4-17(21)10-18/h3-10,12-13,23H,2H2,1H3/b16-12+. The maximum atomic E-state index is 13.2. The highest BCUT2D eigenvalue weighted by molar-refractivity contribution is 7.11. The van der Waals surface area contributed by atoms with Crippen molar-refractivity contribution in [2.75, 3.05) is 5.32 Å². The first-order chi connectivity index (χ1) is 12.2. The van der Waals surface area contributed by atoms with Crippen LogP contribution in [0.25, 0.3) is 16.8 Å². The van der Waals surface area contributed by atoms with Gasteiger partial charge in [-0.15, -0.1) is 11.3 Å². The van der Waals surface area contributed by atoms with E-state index in [-0.39, 0.29) is 5.82 Å². The van der Waals surface area contributed by atoms with E-state index in [0.29, 0.717) is 16.3 Å². The van der Waals surface area contributed by atoms with Gasteiger partial charge in [-0.1, -0.05) is 37.3 Å². The highest BCUT2D eigenvalue weighted by Crippen LogP contribution is 2.26. The lowest BCUT2D eigenvalue weighted by atomic mass is 10.1.